The average molecular weight is 279 g/mol. The topological polar surface area (TPSA) is 41.9 Å². The summed E-state index contributed by atoms with van der Waals surface area (Å²) in [6, 6.07) is 5.67. The second-order valence-electron chi connectivity index (χ2n) is 5.34. The number of likely N-dealkylation sites (tertiary alicyclic amines) is 1. The van der Waals surface area contributed by atoms with E-state index in [0.29, 0.717) is 10.8 Å². The fourth-order valence-corrected chi connectivity index (χ4v) is 2.68. The van der Waals surface area contributed by atoms with Gasteiger partial charge in [-0.1, -0.05) is 17.7 Å². The molecule has 0 aromatic heterocycles. The molecule has 0 unspecified atom stereocenters. The van der Waals surface area contributed by atoms with Crippen LogP contribution in [0, 0.1) is 0 Å². The molecule has 0 N–H and O–H groups in total. The summed E-state index contributed by atoms with van der Waals surface area (Å²) in [5, 5.41) is 0.583. The van der Waals surface area contributed by atoms with E-state index in [-0.39, 0.29) is 11.6 Å². The van der Waals surface area contributed by atoms with Gasteiger partial charge in [-0.2, -0.15) is 4.99 Å². The lowest BCUT2D eigenvalue weighted by Crippen LogP contribution is -2.51. The lowest BCUT2D eigenvalue weighted by molar-refractivity contribution is 0.0389. The monoisotopic (exact) mass is 278 g/mol. The van der Waals surface area contributed by atoms with E-state index in [0.717, 1.165) is 31.5 Å². The van der Waals surface area contributed by atoms with Crippen LogP contribution in [-0.4, -0.2) is 37.2 Å². The van der Waals surface area contributed by atoms with E-state index in [9.17, 15) is 4.79 Å². The summed E-state index contributed by atoms with van der Waals surface area (Å²) in [6.45, 7) is 1.86. The molecule has 0 atom stereocenters. The highest BCUT2D eigenvalue weighted by Crippen LogP contribution is 2.50. The number of hydrogen-bond donors (Lipinski definition) is 0. The van der Waals surface area contributed by atoms with Crippen LogP contribution in [0.4, 0.5) is 0 Å². The van der Waals surface area contributed by atoms with Crippen molar-refractivity contribution in [2.75, 3.05) is 20.1 Å². The molecule has 3 rings (SSSR count). The second kappa shape index (κ2) is 4.64. The fourth-order valence-electron chi connectivity index (χ4n) is 2.45. The van der Waals surface area contributed by atoms with Gasteiger partial charge in [0, 0.05) is 13.1 Å². The quantitative estimate of drug-likeness (QED) is 0.627. The normalized spacial score (nSPS) is 21.4. The van der Waals surface area contributed by atoms with Crippen molar-refractivity contribution in [3.05, 3.63) is 28.8 Å². The zero-order valence-corrected chi connectivity index (χ0v) is 11.5. The fraction of sp³-hybridized carbons (Fsp3) is 0.500. The molecular formula is C14H15ClN2O2. The number of hydrogen-bond acceptors (Lipinski definition) is 4. The van der Waals surface area contributed by atoms with Crippen molar-refractivity contribution in [3.8, 4) is 5.75 Å². The third kappa shape index (κ3) is 2.39. The van der Waals surface area contributed by atoms with Gasteiger partial charge in [-0.25, -0.2) is 4.79 Å². The zero-order valence-electron chi connectivity index (χ0n) is 10.7. The van der Waals surface area contributed by atoms with E-state index in [1.54, 1.807) is 6.08 Å². The largest absolute Gasteiger partial charge is 0.486 e. The highest BCUT2D eigenvalue weighted by molar-refractivity contribution is 6.32. The minimum Gasteiger partial charge on any atom is -0.486 e. The Morgan fingerprint density at radius 2 is 2.21 bits per heavy atom. The summed E-state index contributed by atoms with van der Waals surface area (Å²) in [4.78, 5) is 16.5. The minimum atomic E-state index is -0.374. The van der Waals surface area contributed by atoms with Gasteiger partial charge in [0.05, 0.1) is 10.6 Å². The van der Waals surface area contributed by atoms with Crippen molar-refractivity contribution < 1.29 is 9.53 Å². The van der Waals surface area contributed by atoms with Crippen LogP contribution in [-0.2, 0) is 10.3 Å². The van der Waals surface area contributed by atoms with E-state index >= 15 is 0 Å². The molecule has 5 heteroatoms. The summed E-state index contributed by atoms with van der Waals surface area (Å²) in [6.07, 6.45) is 3.63. The van der Waals surface area contributed by atoms with E-state index < -0.39 is 0 Å². The van der Waals surface area contributed by atoms with Gasteiger partial charge in [-0.3, -0.25) is 4.90 Å². The average Bonchev–Trinajstić information content (AvgIpc) is 3.11. The lowest BCUT2D eigenvalue weighted by Gasteiger charge is -2.36. The van der Waals surface area contributed by atoms with Crippen LogP contribution < -0.4 is 4.74 Å². The third-order valence-corrected chi connectivity index (χ3v) is 4.07. The number of likely N-dealkylation sites (N-methyl/N-ethyl adjacent to an activating group) is 1. The van der Waals surface area contributed by atoms with E-state index in [1.165, 1.54) is 0 Å². The highest BCUT2D eigenvalue weighted by Gasteiger charge is 2.45. The number of carbonyl (C=O) groups excluding carboxylic acids is 1. The van der Waals surface area contributed by atoms with Crippen LogP contribution in [0.2, 0.25) is 5.02 Å². The Morgan fingerprint density at radius 3 is 2.74 bits per heavy atom. The molecule has 2 fully saturated rings. The maximum Gasteiger partial charge on any atom is 0.235 e. The highest BCUT2D eigenvalue weighted by atomic mass is 35.5. The van der Waals surface area contributed by atoms with Crippen LogP contribution in [0.15, 0.2) is 23.2 Å². The predicted octanol–water partition coefficient (Wildman–Crippen LogP) is 2.36. The molecule has 1 saturated heterocycles. The van der Waals surface area contributed by atoms with E-state index in [4.69, 9.17) is 16.3 Å². The molecule has 1 aliphatic heterocycles. The molecule has 0 bridgehead atoms. The molecule has 4 nitrogen and oxygen atoms in total. The van der Waals surface area contributed by atoms with Gasteiger partial charge in [0.15, 0.2) is 0 Å². The molecule has 100 valence electrons. The molecule has 1 aromatic carbocycles. The van der Waals surface area contributed by atoms with Gasteiger partial charge in [0.2, 0.25) is 6.08 Å². The molecular weight excluding hydrogens is 264 g/mol. The molecule has 1 aliphatic carbocycles. The number of halogens is 1. The lowest BCUT2D eigenvalue weighted by atomic mass is 10.1. The summed E-state index contributed by atoms with van der Waals surface area (Å²) in [7, 11) is 2.05. The standard InChI is InChI=1S/C14H15ClN2O2/c1-17-7-11(8-17)19-13-3-2-10(6-12(13)15)14(4-5-14)16-9-18/h2-3,6,11H,4-5,7-8H2,1H3. The van der Waals surface area contributed by atoms with Crippen molar-refractivity contribution in [1.82, 2.24) is 4.90 Å². The molecule has 0 radical (unpaired) electrons. The SMILES string of the molecule is CN1CC(Oc2ccc(C3(N=C=O)CC3)cc2Cl)C1. The van der Waals surface area contributed by atoms with Crippen LogP contribution in [0.1, 0.15) is 18.4 Å². The molecule has 0 amide bonds. The number of aliphatic imine (C=N–C) groups is 1. The predicted molar refractivity (Wildman–Crippen MR) is 72.4 cm³/mol. The van der Waals surface area contributed by atoms with Crippen LogP contribution in [0.3, 0.4) is 0 Å². The first kappa shape index (κ1) is 12.7. The Bertz CT molecular complexity index is 544. The van der Waals surface area contributed by atoms with Gasteiger partial charge < -0.3 is 4.74 Å². The number of nitrogens with zero attached hydrogens (tertiary/aromatic N) is 2. The van der Waals surface area contributed by atoms with Crippen LogP contribution in [0.25, 0.3) is 0 Å². The Kier molecular flexibility index (Phi) is 3.09. The van der Waals surface area contributed by atoms with Gasteiger partial charge >= 0.3 is 0 Å². The Hall–Kier alpha value is -1.35. The molecule has 2 aliphatic rings. The van der Waals surface area contributed by atoms with Crippen LogP contribution in [0.5, 0.6) is 5.75 Å². The van der Waals surface area contributed by atoms with Gasteiger partial charge in [0.25, 0.3) is 0 Å². The van der Waals surface area contributed by atoms with Crippen LogP contribution >= 0.6 is 11.6 Å². The Morgan fingerprint density at radius 1 is 1.47 bits per heavy atom. The van der Waals surface area contributed by atoms with Gasteiger partial charge in [-0.05, 0) is 37.6 Å². The summed E-state index contributed by atoms with van der Waals surface area (Å²) in [5.41, 5.74) is 0.597. The molecule has 1 saturated carbocycles. The van der Waals surface area contributed by atoms with Crippen molar-refractivity contribution >= 4 is 17.7 Å². The second-order valence-corrected chi connectivity index (χ2v) is 5.75. The van der Waals surface area contributed by atoms with Gasteiger partial charge in [-0.15, -0.1) is 0 Å². The first-order chi connectivity index (χ1) is 9.13. The van der Waals surface area contributed by atoms with Crippen molar-refractivity contribution in [3.63, 3.8) is 0 Å². The van der Waals surface area contributed by atoms with Crippen molar-refractivity contribution in [1.29, 1.82) is 0 Å². The first-order valence-electron chi connectivity index (χ1n) is 6.37. The first-order valence-corrected chi connectivity index (χ1v) is 6.75. The van der Waals surface area contributed by atoms with E-state index in [1.807, 2.05) is 18.2 Å². The minimum absolute atomic E-state index is 0.219. The van der Waals surface area contributed by atoms with E-state index in [2.05, 4.69) is 16.9 Å². The molecule has 0 spiro atoms. The smallest absolute Gasteiger partial charge is 0.235 e. The molecule has 1 aromatic rings. The Labute approximate surface area is 117 Å². The van der Waals surface area contributed by atoms with Crippen molar-refractivity contribution in [2.24, 2.45) is 4.99 Å². The maximum absolute atomic E-state index is 10.5. The summed E-state index contributed by atoms with van der Waals surface area (Å²) >= 11 is 6.25. The third-order valence-electron chi connectivity index (χ3n) is 3.78. The summed E-state index contributed by atoms with van der Waals surface area (Å²) < 4.78 is 5.82. The maximum atomic E-state index is 10.5. The number of benzene rings is 1. The summed E-state index contributed by atoms with van der Waals surface area (Å²) in [5.74, 6) is 0.703. The zero-order chi connectivity index (χ0) is 13.5. The Balaban J connectivity index is 1.76. The number of ether oxygens (including phenoxy) is 1. The number of isocyanates is 1. The molecule has 19 heavy (non-hydrogen) atoms. The van der Waals surface area contributed by atoms with Gasteiger partial charge in [0.1, 0.15) is 11.9 Å². The number of rotatable bonds is 4. The molecule has 1 heterocycles. The van der Waals surface area contributed by atoms with Crippen molar-refractivity contribution in [2.45, 2.75) is 24.5 Å².